The molecule has 2 atom stereocenters. The summed E-state index contributed by atoms with van der Waals surface area (Å²) in [6.45, 7) is 4.14. The zero-order valence-electron chi connectivity index (χ0n) is 21.2. The van der Waals surface area contributed by atoms with Gasteiger partial charge in [0.15, 0.2) is 11.9 Å². The molecule has 0 saturated carbocycles. The summed E-state index contributed by atoms with van der Waals surface area (Å²) in [5, 5.41) is 4.97. The average Bonchev–Trinajstić information content (AvgIpc) is 3.51. The topological polar surface area (TPSA) is 61.2 Å². The van der Waals surface area contributed by atoms with Crippen molar-refractivity contribution < 1.29 is 14.3 Å². The van der Waals surface area contributed by atoms with Crippen LogP contribution in [0.3, 0.4) is 0 Å². The van der Waals surface area contributed by atoms with Gasteiger partial charge in [-0.15, -0.1) is 0 Å². The van der Waals surface area contributed by atoms with Crippen molar-refractivity contribution in [2.24, 2.45) is 5.41 Å². The molecule has 4 aromatic rings. The molecular formula is C32H27BrN2O3. The lowest BCUT2D eigenvalue weighted by Crippen LogP contribution is -2.29. The van der Waals surface area contributed by atoms with Crippen molar-refractivity contribution in [1.29, 1.82) is 0 Å². The van der Waals surface area contributed by atoms with Crippen LogP contribution in [-0.4, -0.2) is 27.5 Å². The molecule has 38 heavy (non-hydrogen) atoms. The van der Waals surface area contributed by atoms with Gasteiger partial charge in [-0.05, 0) is 29.7 Å². The highest BCUT2D eigenvalue weighted by Gasteiger charge is 2.50. The number of halogens is 1. The fraction of sp³-hybridized carbons (Fsp3) is 0.219. The van der Waals surface area contributed by atoms with Crippen LogP contribution in [0.5, 0.6) is 0 Å². The van der Waals surface area contributed by atoms with E-state index in [1.807, 2.05) is 83.7 Å². The number of hydrogen-bond acceptors (Lipinski definition) is 4. The van der Waals surface area contributed by atoms with E-state index in [1.54, 1.807) is 12.1 Å². The van der Waals surface area contributed by atoms with E-state index in [4.69, 9.17) is 9.84 Å². The van der Waals surface area contributed by atoms with Gasteiger partial charge in [-0.2, -0.15) is 5.10 Å². The Labute approximate surface area is 230 Å². The van der Waals surface area contributed by atoms with Crippen molar-refractivity contribution in [3.63, 3.8) is 0 Å². The van der Waals surface area contributed by atoms with Crippen LogP contribution in [0, 0.1) is 5.41 Å². The Morgan fingerprint density at radius 2 is 1.61 bits per heavy atom. The van der Waals surface area contributed by atoms with Gasteiger partial charge in [0.1, 0.15) is 5.76 Å². The second kappa shape index (κ2) is 9.52. The Morgan fingerprint density at radius 3 is 2.29 bits per heavy atom. The first kappa shape index (κ1) is 24.6. The molecule has 0 bridgehead atoms. The van der Waals surface area contributed by atoms with Crippen LogP contribution in [0.25, 0.3) is 16.9 Å². The molecule has 3 aromatic carbocycles. The molecule has 6 rings (SSSR count). The number of Topliss-reactive ketones (excluding diaryl/α,β-unsaturated/α-hetero) is 2. The minimum Gasteiger partial charge on any atom is -0.485 e. The Kier molecular flexibility index (Phi) is 6.15. The van der Waals surface area contributed by atoms with Crippen LogP contribution >= 0.6 is 15.9 Å². The van der Waals surface area contributed by atoms with Gasteiger partial charge in [0, 0.05) is 45.8 Å². The third kappa shape index (κ3) is 4.43. The number of carbonyl (C=O) groups excluding carboxylic acids is 2. The van der Waals surface area contributed by atoms with E-state index in [1.165, 1.54) is 0 Å². The van der Waals surface area contributed by atoms with E-state index in [-0.39, 0.29) is 17.0 Å². The molecule has 2 heterocycles. The smallest absolute Gasteiger partial charge is 0.204 e. The molecule has 190 valence electrons. The summed E-state index contributed by atoms with van der Waals surface area (Å²) in [6.07, 6.45) is 2.13. The normalized spacial score (nSPS) is 20.2. The highest BCUT2D eigenvalue weighted by molar-refractivity contribution is 9.10. The SMILES string of the molecule is CC1(C)CC(=O)C2=C(C1)O[C@H](C(=O)c1ccc(Br)cc1)[C@H]2c1cn(-c2ccccc2)nc1-c1ccccc1. The van der Waals surface area contributed by atoms with Crippen LogP contribution in [-0.2, 0) is 9.53 Å². The van der Waals surface area contributed by atoms with Crippen molar-refractivity contribution >= 4 is 27.5 Å². The molecule has 1 aromatic heterocycles. The highest BCUT2D eigenvalue weighted by atomic mass is 79.9. The predicted octanol–water partition coefficient (Wildman–Crippen LogP) is 7.31. The van der Waals surface area contributed by atoms with Gasteiger partial charge in [-0.1, -0.05) is 90.4 Å². The Balaban J connectivity index is 1.54. The predicted molar refractivity (Wildman–Crippen MR) is 150 cm³/mol. The average molecular weight is 567 g/mol. The van der Waals surface area contributed by atoms with E-state index in [9.17, 15) is 9.59 Å². The number of hydrogen-bond donors (Lipinski definition) is 0. The molecule has 0 spiro atoms. The molecule has 1 aliphatic heterocycles. The lowest BCUT2D eigenvalue weighted by atomic mass is 9.72. The molecule has 0 unspecified atom stereocenters. The van der Waals surface area contributed by atoms with Gasteiger partial charge >= 0.3 is 0 Å². The number of ether oxygens (including phenoxy) is 1. The number of nitrogens with zero attached hydrogens (tertiary/aromatic N) is 2. The minimum atomic E-state index is -0.852. The van der Waals surface area contributed by atoms with E-state index in [0.717, 1.165) is 27.0 Å². The van der Waals surface area contributed by atoms with E-state index in [2.05, 4.69) is 29.8 Å². The molecule has 6 heteroatoms. The maximum absolute atomic E-state index is 14.0. The number of ketones is 2. The van der Waals surface area contributed by atoms with Crippen molar-refractivity contribution in [2.75, 3.05) is 0 Å². The van der Waals surface area contributed by atoms with Gasteiger partial charge in [-0.25, -0.2) is 4.68 Å². The van der Waals surface area contributed by atoms with Gasteiger partial charge in [0.05, 0.1) is 17.3 Å². The fourth-order valence-corrected chi connectivity index (χ4v) is 5.82. The fourth-order valence-electron chi connectivity index (χ4n) is 5.55. The van der Waals surface area contributed by atoms with E-state index in [0.29, 0.717) is 29.7 Å². The van der Waals surface area contributed by atoms with Crippen LogP contribution in [0.4, 0.5) is 0 Å². The van der Waals surface area contributed by atoms with Crippen molar-refractivity contribution in [3.05, 3.63) is 118 Å². The first-order valence-electron chi connectivity index (χ1n) is 12.7. The summed E-state index contributed by atoms with van der Waals surface area (Å²) < 4.78 is 9.17. The lowest BCUT2D eigenvalue weighted by molar-refractivity contribution is -0.118. The third-order valence-corrected chi connectivity index (χ3v) is 7.82. The van der Waals surface area contributed by atoms with Gasteiger partial charge in [-0.3, -0.25) is 9.59 Å². The van der Waals surface area contributed by atoms with E-state index >= 15 is 0 Å². The molecule has 2 aliphatic rings. The maximum atomic E-state index is 14.0. The van der Waals surface area contributed by atoms with Crippen molar-refractivity contribution in [3.8, 4) is 16.9 Å². The van der Waals surface area contributed by atoms with Crippen LogP contribution < -0.4 is 0 Å². The van der Waals surface area contributed by atoms with Crippen molar-refractivity contribution in [2.45, 2.75) is 38.7 Å². The Morgan fingerprint density at radius 1 is 0.947 bits per heavy atom. The molecule has 0 radical (unpaired) electrons. The molecule has 0 amide bonds. The second-order valence-corrected chi connectivity index (χ2v) is 11.7. The molecule has 1 aliphatic carbocycles. The summed E-state index contributed by atoms with van der Waals surface area (Å²) in [4.78, 5) is 27.6. The molecular weight excluding hydrogens is 540 g/mol. The number of aromatic nitrogens is 2. The van der Waals surface area contributed by atoms with Gasteiger partial charge in [0.25, 0.3) is 0 Å². The van der Waals surface area contributed by atoms with Crippen LogP contribution in [0.15, 0.2) is 107 Å². The minimum absolute atomic E-state index is 0.0406. The number of benzene rings is 3. The first-order valence-corrected chi connectivity index (χ1v) is 13.5. The Bertz CT molecular complexity index is 1550. The molecule has 5 nitrogen and oxygen atoms in total. The summed E-state index contributed by atoms with van der Waals surface area (Å²) in [6, 6.07) is 27.0. The Hall–Kier alpha value is -3.77. The van der Waals surface area contributed by atoms with Gasteiger partial charge in [0.2, 0.25) is 5.78 Å². The van der Waals surface area contributed by atoms with Crippen LogP contribution in [0.1, 0.15) is 48.5 Å². The number of rotatable bonds is 5. The summed E-state index contributed by atoms with van der Waals surface area (Å²) in [5.74, 6) is -0.0246. The zero-order valence-corrected chi connectivity index (χ0v) is 22.8. The third-order valence-electron chi connectivity index (χ3n) is 7.29. The highest BCUT2D eigenvalue weighted by Crippen LogP contribution is 2.51. The summed E-state index contributed by atoms with van der Waals surface area (Å²) in [7, 11) is 0. The number of carbonyl (C=O) groups is 2. The molecule has 0 saturated heterocycles. The standard InChI is InChI=1S/C32H27BrN2O3/c1-32(2)17-25(36)28-26(18-32)38-31(30(37)21-13-15-22(33)16-14-21)27(28)24-19-35(23-11-7-4-8-12-23)34-29(24)20-9-5-3-6-10-20/h3-16,19,27,31H,17-18H2,1-2H3/t27-,31-/m0/s1. The lowest BCUT2D eigenvalue weighted by Gasteiger charge is -2.29. The molecule has 0 fully saturated rings. The quantitative estimate of drug-likeness (QED) is 0.237. The van der Waals surface area contributed by atoms with E-state index < -0.39 is 12.0 Å². The summed E-state index contributed by atoms with van der Waals surface area (Å²) in [5.41, 5.74) is 4.31. The summed E-state index contributed by atoms with van der Waals surface area (Å²) >= 11 is 3.45. The number of allylic oxidation sites excluding steroid dienone is 1. The first-order chi connectivity index (χ1) is 18.3. The second-order valence-electron chi connectivity index (χ2n) is 10.7. The zero-order chi connectivity index (χ0) is 26.4. The molecule has 0 N–H and O–H groups in total. The number of para-hydroxylation sites is 1. The maximum Gasteiger partial charge on any atom is 0.204 e. The van der Waals surface area contributed by atoms with Crippen molar-refractivity contribution in [1.82, 2.24) is 9.78 Å². The van der Waals surface area contributed by atoms with Gasteiger partial charge < -0.3 is 4.74 Å². The monoisotopic (exact) mass is 566 g/mol. The van der Waals surface area contributed by atoms with Crippen LogP contribution in [0.2, 0.25) is 0 Å². The largest absolute Gasteiger partial charge is 0.485 e.